The van der Waals surface area contributed by atoms with Crippen LogP contribution < -0.4 is 16.0 Å². The first-order valence-corrected chi connectivity index (χ1v) is 8.17. The summed E-state index contributed by atoms with van der Waals surface area (Å²) in [6.07, 6.45) is 0.416. The lowest BCUT2D eigenvalue weighted by molar-refractivity contribution is -0.114. The minimum Gasteiger partial charge on any atom is -0.444 e. The van der Waals surface area contributed by atoms with E-state index in [0.717, 1.165) is 23.5 Å². The van der Waals surface area contributed by atoms with E-state index in [2.05, 4.69) is 16.0 Å². The Morgan fingerprint density at radius 3 is 2.64 bits per heavy atom. The molecule has 0 aromatic carbocycles. The van der Waals surface area contributed by atoms with Crippen molar-refractivity contribution in [2.75, 3.05) is 18.4 Å². The van der Waals surface area contributed by atoms with Gasteiger partial charge in [0.25, 0.3) is 0 Å². The minimum atomic E-state index is -0.471. The Kier molecular flexibility index (Phi) is 7.34. The molecule has 1 heterocycles. The average molecular weight is 327 g/mol. The van der Waals surface area contributed by atoms with Crippen molar-refractivity contribution in [3.63, 3.8) is 0 Å². The molecule has 0 saturated heterocycles. The van der Waals surface area contributed by atoms with Crippen LogP contribution in [0.2, 0.25) is 0 Å². The topological polar surface area (TPSA) is 79.5 Å². The molecule has 0 saturated carbocycles. The van der Waals surface area contributed by atoms with Crippen LogP contribution in [-0.4, -0.2) is 30.7 Å². The van der Waals surface area contributed by atoms with Crippen LogP contribution in [0, 0.1) is 0 Å². The van der Waals surface area contributed by atoms with Gasteiger partial charge in [0.05, 0.1) is 5.69 Å². The van der Waals surface area contributed by atoms with Crippen molar-refractivity contribution in [2.24, 2.45) is 0 Å². The monoisotopic (exact) mass is 327 g/mol. The van der Waals surface area contributed by atoms with E-state index in [1.807, 2.05) is 32.2 Å². The summed E-state index contributed by atoms with van der Waals surface area (Å²) < 4.78 is 5.15. The number of anilines is 1. The SMILES string of the molecule is CC(=O)Nc1ccsc1CNCCCNC(=O)OC(C)(C)C. The lowest BCUT2D eigenvalue weighted by Crippen LogP contribution is -2.33. The molecule has 0 atom stereocenters. The van der Waals surface area contributed by atoms with Gasteiger partial charge in [-0.2, -0.15) is 0 Å². The first-order valence-electron chi connectivity index (χ1n) is 7.29. The number of hydrogen-bond donors (Lipinski definition) is 3. The highest BCUT2D eigenvalue weighted by Crippen LogP contribution is 2.21. The molecule has 1 aromatic rings. The van der Waals surface area contributed by atoms with Gasteiger partial charge >= 0.3 is 6.09 Å². The molecule has 1 rings (SSSR count). The molecule has 22 heavy (non-hydrogen) atoms. The predicted molar refractivity (Wildman–Crippen MR) is 89.2 cm³/mol. The van der Waals surface area contributed by atoms with Gasteiger partial charge < -0.3 is 20.7 Å². The van der Waals surface area contributed by atoms with E-state index in [0.29, 0.717) is 13.1 Å². The number of hydrogen-bond acceptors (Lipinski definition) is 5. The standard InChI is InChI=1S/C15H25N3O3S/c1-11(19)18-12-6-9-22-13(12)10-16-7-5-8-17-14(20)21-15(2,3)4/h6,9,16H,5,7-8,10H2,1-4H3,(H,17,20)(H,18,19). The molecule has 3 N–H and O–H groups in total. The van der Waals surface area contributed by atoms with Gasteiger partial charge in [-0.15, -0.1) is 11.3 Å². The molecule has 0 bridgehead atoms. The fraction of sp³-hybridized carbons (Fsp3) is 0.600. The van der Waals surface area contributed by atoms with Crippen molar-refractivity contribution in [3.8, 4) is 0 Å². The molecule has 0 aliphatic heterocycles. The van der Waals surface area contributed by atoms with Crippen LogP contribution in [0.5, 0.6) is 0 Å². The van der Waals surface area contributed by atoms with Gasteiger partial charge in [0.15, 0.2) is 0 Å². The smallest absolute Gasteiger partial charge is 0.407 e. The molecule has 124 valence electrons. The number of carbonyl (C=O) groups excluding carboxylic acids is 2. The number of carbonyl (C=O) groups is 2. The highest BCUT2D eigenvalue weighted by molar-refractivity contribution is 7.10. The third-order valence-electron chi connectivity index (χ3n) is 2.54. The van der Waals surface area contributed by atoms with Crippen molar-refractivity contribution < 1.29 is 14.3 Å². The summed E-state index contributed by atoms with van der Waals surface area (Å²) in [5, 5.41) is 10.8. The number of amides is 2. The second-order valence-corrected chi connectivity index (χ2v) is 6.90. The first-order chi connectivity index (χ1) is 10.3. The van der Waals surface area contributed by atoms with Gasteiger partial charge in [-0.25, -0.2) is 4.79 Å². The third-order valence-corrected chi connectivity index (χ3v) is 3.46. The van der Waals surface area contributed by atoms with E-state index in [1.54, 1.807) is 11.3 Å². The first kappa shape index (κ1) is 18.4. The Bertz CT molecular complexity index is 494. The van der Waals surface area contributed by atoms with Crippen LogP contribution in [0.3, 0.4) is 0 Å². The van der Waals surface area contributed by atoms with Gasteiger partial charge in [0.1, 0.15) is 5.60 Å². The van der Waals surface area contributed by atoms with Crippen LogP contribution in [0.25, 0.3) is 0 Å². The summed E-state index contributed by atoms with van der Waals surface area (Å²) in [7, 11) is 0. The van der Waals surface area contributed by atoms with Gasteiger partial charge in [-0.1, -0.05) is 0 Å². The molecular formula is C15H25N3O3S. The molecule has 2 amide bonds. The van der Waals surface area contributed by atoms with Crippen LogP contribution in [0.15, 0.2) is 11.4 Å². The molecule has 0 radical (unpaired) electrons. The van der Waals surface area contributed by atoms with E-state index in [1.165, 1.54) is 6.92 Å². The van der Waals surface area contributed by atoms with Crippen LogP contribution in [-0.2, 0) is 16.1 Å². The van der Waals surface area contributed by atoms with Gasteiger partial charge in [-0.05, 0) is 45.2 Å². The maximum absolute atomic E-state index is 11.4. The highest BCUT2D eigenvalue weighted by Gasteiger charge is 2.15. The summed E-state index contributed by atoms with van der Waals surface area (Å²) in [4.78, 5) is 23.6. The van der Waals surface area contributed by atoms with Crippen molar-refractivity contribution in [1.82, 2.24) is 10.6 Å². The predicted octanol–water partition coefficient (Wildman–Crippen LogP) is 2.71. The molecule has 0 aliphatic carbocycles. The van der Waals surface area contributed by atoms with E-state index in [-0.39, 0.29) is 5.91 Å². The van der Waals surface area contributed by atoms with E-state index in [9.17, 15) is 9.59 Å². The molecule has 6 nitrogen and oxygen atoms in total. The molecule has 0 aliphatic rings. The summed E-state index contributed by atoms with van der Waals surface area (Å²) in [5.41, 5.74) is 0.388. The summed E-state index contributed by atoms with van der Waals surface area (Å²) in [6, 6.07) is 1.90. The average Bonchev–Trinajstić information content (AvgIpc) is 2.78. The lowest BCUT2D eigenvalue weighted by atomic mass is 10.2. The van der Waals surface area contributed by atoms with Crippen LogP contribution >= 0.6 is 11.3 Å². The van der Waals surface area contributed by atoms with Gasteiger partial charge in [0, 0.05) is 24.9 Å². The zero-order chi connectivity index (χ0) is 16.6. The fourth-order valence-electron chi connectivity index (χ4n) is 1.70. The second kappa shape index (κ2) is 8.75. The van der Waals surface area contributed by atoms with Crippen LogP contribution in [0.1, 0.15) is 39.0 Å². The maximum Gasteiger partial charge on any atom is 0.407 e. The normalized spacial score (nSPS) is 11.1. The van der Waals surface area contributed by atoms with Crippen molar-refractivity contribution in [2.45, 2.75) is 46.3 Å². The Morgan fingerprint density at radius 2 is 2.00 bits per heavy atom. The molecule has 0 unspecified atom stereocenters. The van der Waals surface area contributed by atoms with E-state index < -0.39 is 11.7 Å². The Balaban J connectivity index is 2.15. The van der Waals surface area contributed by atoms with E-state index >= 15 is 0 Å². The third kappa shape index (κ3) is 7.99. The van der Waals surface area contributed by atoms with E-state index in [4.69, 9.17) is 4.74 Å². The quantitative estimate of drug-likeness (QED) is 0.673. The molecule has 7 heteroatoms. The Labute approximate surface area is 135 Å². The Morgan fingerprint density at radius 1 is 1.27 bits per heavy atom. The minimum absolute atomic E-state index is 0.0683. The largest absolute Gasteiger partial charge is 0.444 e. The molecule has 0 spiro atoms. The number of alkyl carbamates (subject to hydrolysis) is 1. The highest BCUT2D eigenvalue weighted by atomic mass is 32.1. The molecule has 1 aromatic heterocycles. The number of thiophene rings is 1. The maximum atomic E-state index is 11.4. The van der Waals surface area contributed by atoms with Gasteiger partial charge in [-0.3, -0.25) is 4.79 Å². The number of ether oxygens (including phenoxy) is 1. The Hall–Kier alpha value is -1.60. The summed E-state index contributed by atoms with van der Waals surface area (Å²) >= 11 is 1.60. The zero-order valence-electron chi connectivity index (χ0n) is 13.6. The summed E-state index contributed by atoms with van der Waals surface area (Å²) in [6.45, 7) is 9.03. The molecular weight excluding hydrogens is 302 g/mol. The van der Waals surface area contributed by atoms with Crippen molar-refractivity contribution in [3.05, 3.63) is 16.3 Å². The fourth-order valence-corrected chi connectivity index (χ4v) is 2.50. The van der Waals surface area contributed by atoms with Crippen molar-refractivity contribution >= 4 is 29.0 Å². The van der Waals surface area contributed by atoms with Gasteiger partial charge in [0.2, 0.25) is 5.91 Å². The second-order valence-electron chi connectivity index (χ2n) is 5.90. The number of nitrogens with one attached hydrogen (secondary N) is 3. The zero-order valence-corrected chi connectivity index (χ0v) is 14.4. The van der Waals surface area contributed by atoms with Crippen molar-refractivity contribution in [1.29, 1.82) is 0 Å². The molecule has 0 fully saturated rings. The lowest BCUT2D eigenvalue weighted by Gasteiger charge is -2.19. The summed E-state index contributed by atoms with van der Waals surface area (Å²) in [5.74, 6) is -0.0683. The number of rotatable bonds is 7. The van der Waals surface area contributed by atoms with Crippen LogP contribution in [0.4, 0.5) is 10.5 Å².